The third kappa shape index (κ3) is 12.1. The van der Waals surface area contributed by atoms with E-state index in [-0.39, 0.29) is 0 Å². The molecular weight excluding hydrogens is 268 g/mol. The number of rotatable bonds is 10. The van der Waals surface area contributed by atoms with Crippen LogP contribution in [0.25, 0.3) is 0 Å². The van der Waals surface area contributed by atoms with Gasteiger partial charge in [0.2, 0.25) is 0 Å². The van der Waals surface area contributed by atoms with Gasteiger partial charge in [0.05, 0.1) is 26.4 Å². The molecule has 4 heteroatoms. The Labute approximate surface area is 128 Å². The summed E-state index contributed by atoms with van der Waals surface area (Å²) >= 11 is 0. The summed E-state index contributed by atoms with van der Waals surface area (Å²) in [6.45, 7) is 14.8. The van der Waals surface area contributed by atoms with Crippen LogP contribution in [0.3, 0.4) is 0 Å². The van der Waals surface area contributed by atoms with E-state index in [9.17, 15) is 4.79 Å². The first-order chi connectivity index (χ1) is 9.82. The zero-order valence-corrected chi connectivity index (χ0v) is 13.9. The van der Waals surface area contributed by atoms with Crippen LogP contribution in [-0.2, 0) is 19.0 Å². The molecule has 120 valence electrons. The summed E-state index contributed by atoms with van der Waals surface area (Å²) in [5, 5.41) is 0. The quantitative estimate of drug-likeness (QED) is 0.268. The van der Waals surface area contributed by atoms with Crippen LogP contribution in [0.1, 0.15) is 34.6 Å². The molecule has 0 rings (SSSR count). The smallest absolute Gasteiger partial charge is 0.333 e. The molecule has 0 spiro atoms. The predicted octanol–water partition coefficient (Wildman–Crippen LogP) is 3.44. The molecule has 0 aromatic heterocycles. The highest BCUT2D eigenvalue weighted by Crippen LogP contribution is 2.02. The predicted molar refractivity (Wildman–Crippen MR) is 85.2 cm³/mol. The number of hydrogen-bond acceptors (Lipinski definition) is 4. The van der Waals surface area contributed by atoms with Crippen LogP contribution in [0, 0.1) is 0 Å². The van der Waals surface area contributed by atoms with E-state index in [1.54, 1.807) is 6.92 Å². The van der Waals surface area contributed by atoms with Crippen molar-refractivity contribution in [3.63, 3.8) is 0 Å². The summed E-state index contributed by atoms with van der Waals surface area (Å²) in [6.07, 6.45) is 3.52. The molecule has 0 unspecified atom stereocenters. The van der Waals surface area contributed by atoms with Gasteiger partial charge in [-0.3, -0.25) is 0 Å². The average molecular weight is 296 g/mol. The van der Waals surface area contributed by atoms with E-state index in [0.29, 0.717) is 32.0 Å². The Morgan fingerprint density at radius 1 is 0.952 bits per heavy atom. The summed E-state index contributed by atoms with van der Waals surface area (Å²) in [4.78, 5) is 11.6. The lowest BCUT2D eigenvalue weighted by atomic mass is 10.3. The highest BCUT2D eigenvalue weighted by molar-refractivity contribution is 5.87. The number of carbonyl (C=O) groups excluding carboxylic acids is 1. The standard InChI is InChI=1S/C17H28O4/c1-13(2)7-9-19-11-16(21-17(18)15(5)6)12-20-10-8-14(3)4/h7-8,16H,5,9-12H2,1-4,6H3. The molecule has 0 aliphatic carbocycles. The Balaban J connectivity index is 4.26. The molecule has 0 saturated carbocycles. The van der Waals surface area contributed by atoms with Crippen molar-refractivity contribution in [1.29, 1.82) is 0 Å². The van der Waals surface area contributed by atoms with E-state index in [2.05, 4.69) is 6.58 Å². The van der Waals surface area contributed by atoms with Gasteiger partial charge in [0.25, 0.3) is 0 Å². The Morgan fingerprint density at radius 2 is 1.38 bits per heavy atom. The normalized spacial score (nSPS) is 10.2. The third-order valence-electron chi connectivity index (χ3n) is 2.45. The molecule has 0 bridgehead atoms. The van der Waals surface area contributed by atoms with Crippen molar-refractivity contribution in [2.24, 2.45) is 0 Å². The van der Waals surface area contributed by atoms with Gasteiger partial charge < -0.3 is 14.2 Å². The molecule has 0 aromatic carbocycles. The largest absolute Gasteiger partial charge is 0.454 e. The minimum absolute atomic E-state index is 0.303. The number of hydrogen-bond donors (Lipinski definition) is 0. The molecular formula is C17H28O4. The first kappa shape index (κ1) is 19.6. The molecule has 0 atom stereocenters. The number of ether oxygens (including phenoxy) is 3. The van der Waals surface area contributed by atoms with Crippen LogP contribution < -0.4 is 0 Å². The summed E-state index contributed by atoms with van der Waals surface area (Å²) in [7, 11) is 0. The van der Waals surface area contributed by atoms with Crippen molar-refractivity contribution in [1.82, 2.24) is 0 Å². The van der Waals surface area contributed by atoms with E-state index < -0.39 is 12.1 Å². The van der Waals surface area contributed by atoms with Crippen molar-refractivity contribution >= 4 is 5.97 Å². The van der Waals surface area contributed by atoms with Gasteiger partial charge in [-0.2, -0.15) is 0 Å². The summed E-state index contributed by atoms with van der Waals surface area (Å²) in [5.41, 5.74) is 2.74. The first-order valence-electron chi connectivity index (χ1n) is 7.11. The lowest BCUT2D eigenvalue weighted by Gasteiger charge is -2.17. The Bertz CT molecular complexity index is 362. The summed E-state index contributed by atoms with van der Waals surface area (Å²) in [6, 6.07) is 0. The van der Waals surface area contributed by atoms with Gasteiger partial charge in [0, 0.05) is 5.57 Å². The van der Waals surface area contributed by atoms with Crippen LogP contribution in [0.4, 0.5) is 0 Å². The third-order valence-corrected chi connectivity index (χ3v) is 2.45. The number of carbonyl (C=O) groups is 1. The van der Waals surface area contributed by atoms with Crippen LogP contribution in [0.5, 0.6) is 0 Å². The van der Waals surface area contributed by atoms with Gasteiger partial charge in [0.15, 0.2) is 0 Å². The minimum Gasteiger partial charge on any atom is -0.454 e. The molecule has 21 heavy (non-hydrogen) atoms. The Kier molecular flexibility index (Phi) is 10.5. The molecule has 0 saturated heterocycles. The summed E-state index contributed by atoms with van der Waals surface area (Å²) < 4.78 is 16.3. The van der Waals surface area contributed by atoms with Gasteiger partial charge in [-0.25, -0.2) is 4.79 Å². The molecule has 0 radical (unpaired) electrons. The van der Waals surface area contributed by atoms with E-state index in [4.69, 9.17) is 14.2 Å². The molecule has 0 N–H and O–H groups in total. The second-order valence-electron chi connectivity index (χ2n) is 5.45. The molecule has 0 aromatic rings. The Hall–Kier alpha value is -1.39. The Morgan fingerprint density at radius 3 is 1.71 bits per heavy atom. The SMILES string of the molecule is C=C(C)C(=O)OC(COCC=C(C)C)COCC=C(C)C. The minimum atomic E-state index is -0.426. The van der Waals surface area contributed by atoms with Crippen molar-refractivity contribution in [2.45, 2.75) is 40.7 Å². The maximum Gasteiger partial charge on any atom is 0.333 e. The van der Waals surface area contributed by atoms with E-state index >= 15 is 0 Å². The van der Waals surface area contributed by atoms with Crippen molar-refractivity contribution < 1.29 is 19.0 Å². The molecule has 4 nitrogen and oxygen atoms in total. The van der Waals surface area contributed by atoms with Crippen molar-refractivity contribution in [3.05, 3.63) is 35.5 Å². The van der Waals surface area contributed by atoms with E-state index in [0.717, 1.165) is 0 Å². The lowest BCUT2D eigenvalue weighted by molar-refractivity contribution is -0.150. The lowest BCUT2D eigenvalue weighted by Crippen LogP contribution is -2.29. The number of esters is 1. The average Bonchev–Trinajstić information content (AvgIpc) is 2.38. The van der Waals surface area contributed by atoms with Crippen LogP contribution >= 0.6 is 0 Å². The highest BCUT2D eigenvalue weighted by Gasteiger charge is 2.15. The van der Waals surface area contributed by atoms with Crippen molar-refractivity contribution in [3.8, 4) is 0 Å². The zero-order chi connectivity index (χ0) is 16.3. The molecule has 0 aliphatic heterocycles. The number of allylic oxidation sites excluding steroid dienone is 2. The molecule has 0 amide bonds. The van der Waals surface area contributed by atoms with Crippen LogP contribution in [0.15, 0.2) is 35.5 Å². The summed E-state index contributed by atoms with van der Waals surface area (Å²) in [5.74, 6) is -0.420. The highest BCUT2D eigenvalue weighted by atomic mass is 16.6. The van der Waals surface area contributed by atoms with E-state index in [1.807, 2.05) is 39.8 Å². The van der Waals surface area contributed by atoms with Gasteiger partial charge >= 0.3 is 5.97 Å². The monoisotopic (exact) mass is 296 g/mol. The molecule has 0 heterocycles. The molecule has 0 fully saturated rings. The maximum atomic E-state index is 11.6. The van der Waals surface area contributed by atoms with Gasteiger partial charge in [-0.1, -0.05) is 29.9 Å². The first-order valence-corrected chi connectivity index (χ1v) is 7.11. The fourth-order valence-electron chi connectivity index (χ4n) is 1.22. The topological polar surface area (TPSA) is 44.8 Å². The van der Waals surface area contributed by atoms with Gasteiger partial charge in [0.1, 0.15) is 6.10 Å². The maximum absolute atomic E-state index is 11.6. The van der Waals surface area contributed by atoms with Crippen LogP contribution in [0.2, 0.25) is 0 Å². The second kappa shape index (κ2) is 11.3. The fraction of sp³-hybridized carbons (Fsp3) is 0.588. The fourth-order valence-corrected chi connectivity index (χ4v) is 1.22. The van der Waals surface area contributed by atoms with E-state index in [1.165, 1.54) is 11.1 Å². The zero-order valence-electron chi connectivity index (χ0n) is 13.9. The molecule has 0 aliphatic rings. The van der Waals surface area contributed by atoms with Crippen LogP contribution in [-0.4, -0.2) is 38.5 Å². The van der Waals surface area contributed by atoms with Gasteiger partial charge in [-0.05, 0) is 34.6 Å². The van der Waals surface area contributed by atoms with Crippen molar-refractivity contribution in [2.75, 3.05) is 26.4 Å². The second-order valence-corrected chi connectivity index (χ2v) is 5.45. The van der Waals surface area contributed by atoms with Gasteiger partial charge in [-0.15, -0.1) is 0 Å².